The molecule has 0 unspecified atom stereocenters. The number of thiazole rings is 1. The Kier molecular flexibility index (Phi) is 4.85. The van der Waals surface area contributed by atoms with Crippen molar-refractivity contribution in [2.45, 2.75) is 18.9 Å². The first kappa shape index (κ1) is 16.1. The van der Waals surface area contributed by atoms with Crippen LogP contribution in [0.15, 0.2) is 35.7 Å². The molecular weight excluding hydrogens is 328 g/mol. The first-order valence-electron chi connectivity index (χ1n) is 7.50. The number of benzene rings is 1. The van der Waals surface area contributed by atoms with Crippen LogP contribution in [-0.2, 0) is 16.0 Å². The van der Waals surface area contributed by atoms with Gasteiger partial charge in [0.15, 0.2) is 0 Å². The maximum atomic E-state index is 11.8. The van der Waals surface area contributed by atoms with Crippen LogP contribution in [0.4, 0.5) is 4.79 Å². The highest BCUT2D eigenvalue weighted by molar-refractivity contribution is 7.09. The van der Waals surface area contributed by atoms with E-state index in [2.05, 4.69) is 20.9 Å². The van der Waals surface area contributed by atoms with Gasteiger partial charge in [-0.1, -0.05) is 30.3 Å². The summed E-state index contributed by atoms with van der Waals surface area (Å²) in [5, 5.41) is 10.1. The van der Waals surface area contributed by atoms with Gasteiger partial charge in [0.1, 0.15) is 6.04 Å². The fraction of sp³-hybridized carbons (Fsp3) is 0.250. The molecule has 1 fully saturated rings. The van der Waals surface area contributed by atoms with E-state index in [0.29, 0.717) is 13.0 Å². The lowest BCUT2D eigenvalue weighted by molar-refractivity contribution is -0.126. The Morgan fingerprint density at radius 1 is 1.25 bits per heavy atom. The Hall–Kier alpha value is -2.74. The van der Waals surface area contributed by atoms with Gasteiger partial charge in [0.2, 0.25) is 5.91 Å². The van der Waals surface area contributed by atoms with Crippen LogP contribution in [0.5, 0.6) is 0 Å². The van der Waals surface area contributed by atoms with E-state index >= 15 is 0 Å². The normalized spacial score (nSPS) is 16.6. The van der Waals surface area contributed by atoms with Crippen molar-refractivity contribution in [1.82, 2.24) is 20.9 Å². The summed E-state index contributed by atoms with van der Waals surface area (Å²) in [5.41, 5.74) is 1.99. The Bertz CT molecular complexity index is 760. The molecule has 1 saturated heterocycles. The van der Waals surface area contributed by atoms with E-state index in [1.807, 2.05) is 35.7 Å². The maximum Gasteiger partial charge on any atom is 0.322 e. The highest BCUT2D eigenvalue weighted by atomic mass is 32.1. The molecule has 0 bridgehead atoms. The second kappa shape index (κ2) is 7.22. The van der Waals surface area contributed by atoms with E-state index in [4.69, 9.17) is 0 Å². The Balaban J connectivity index is 1.45. The van der Waals surface area contributed by atoms with Crippen LogP contribution in [0.2, 0.25) is 0 Å². The summed E-state index contributed by atoms with van der Waals surface area (Å²) in [6.45, 7) is 0.433. The lowest BCUT2D eigenvalue weighted by Crippen LogP contribution is -2.36. The number of imide groups is 1. The van der Waals surface area contributed by atoms with Gasteiger partial charge < -0.3 is 10.6 Å². The van der Waals surface area contributed by atoms with Gasteiger partial charge in [0, 0.05) is 23.9 Å². The number of carbonyl (C=O) groups is 3. The quantitative estimate of drug-likeness (QED) is 0.682. The van der Waals surface area contributed by atoms with Crippen molar-refractivity contribution in [3.05, 3.63) is 40.7 Å². The Labute approximate surface area is 142 Å². The van der Waals surface area contributed by atoms with Crippen LogP contribution in [0.3, 0.4) is 0 Å². The van der Waals surface area contributed by atoms with E-state index < -0.39 is 18.0 Å². The van der Waals surface area contributed by atoms with Gasteiger partial charge in [0.05, 0.1) is 17.1 Å². The number of rotatable bonds is 6. The lowest BCUT2D eigenvalue weighted by atomic mass is 10.2. The molecular formula is C16H16N4O3S. The third kappa shape index (κ3) is 3.96. The van der Waals surface area contributed by atoms with Gasteiger partial charge in [-0.3, -0.25) is 14.9 Å². The molecule has 2 aromatic rings. The number of carbonyl (C=O) groups excluding carboxylic acids is 3. The number of amides is 4. The van der Waals surface area contributed by atoms with E-state index in [0.717, 1.165) is 16.3 Å². The highest BCUT2D eigenvalue weighted by Crippen LogP contribution is 2.21. The van der Waals surface area contributed by atoms with Crippen molar-refractivity contribution >= 4 is 29.2 Å². The molecule has 8 heteroatoms. The molecule has 1 aromatic carbocycles. The summed E-state index contributed by atoms with van der Waals surface area (Å²) in [4.78, 5) is 38.7. The molecule has 24 heavy (non-hydrogen) atoms. The third-order valence-electron chi connectivity index (χ3n) is 3.53. The van der Waals surface area contributed by atoms with Gasteiger partial charge in [-0.15, -0.1) is 11.3 Å². The first-order chi connectivity index (χ1) is 11.6. The lowest BCUT2D eigenvalue weighted by Gasteiger charge is -2.07. The molecule has 3 N–H and O–H groups in total. The molecule has 1 atom stereocenters. The standard InChI is InChI=1S/C16H16N4O3S/c21-13(8-11-15(22)20-16(23)19-11)17-7-6-14-18-12(9-24-14)10-4-2-1-3-5-10/h1-5,9,11H,6-8H2,(H,17,21)(H2,19,20,22,23)/t11-/m0/s1. The average Bonchev–Trinajstić information content (AvgIpc) is 3.15. The van der Waals surface area contributed by atoms with Crippen LogP contribution in [0, 0.1) is 0 Å². The van der Waals surface area contributed by atoms with E-state index in [9.17, 15) is 14.4 Å². The summed E-state index contributed by atoms with van der Waals surface area (Å²) < 4.78 is 0. The minimum Gasteiger partial charge on any atom is -0.356 e. The molecule has 0 spiro atoms. The molecule has 7 nitrogen and oxygen atoms in total. The van der Waals surface area contributed by atoms with E-state index in [1.54, 1.807) is 11.3 Å². The third-order valence-corrected chi connectivity index (χ3v) is 4.44. The van der Waals surface area contributed by atoms with E-state index in [-0.39, 0.29) is 12.3 Å². The van der Waals surface area contributed by atoms with Crippen LogP contribution in [-0.4, -0.2) is 35.4 Å². The van der Waals surface area contributed by atoms with Crippen molar-refractivity contribution in [2.24, 2.45) is 0 Å². The molecule has 4 amide bonds. The fourth-order valence-corrected chi connectivity index (χ4v) is 3.14. The first-order valence-corrected chi connectivity index (χ1v) is 8.37. The molecule has 124 valence electrons. The number of nitrogens with zero attached hydrogens (tertiary/aromatic N) is 1. The highest BCUT2D eigenvalue weighted by Gasteiger charge is 2.31. The van der Waals surface area contributed by atoms with Crippen molar-refractivity contribution in [3.63, 3.8) is 0 Å². The van der Waals surface area contributed by atoms with Crippen LogP contribution in [0.25, 0.3) is 11.3 Å². The molecule has 1 aliphatic rings. The molecule has 3 rings (SSSR count). The molecule has 0 radical (unpaired) electrons. The topological polar surface area (TPSA) is 100 Å². The van der Waals surface area contributed by atoms with Gasteiger partial charge in [-0.2, -0.15) is 0 Å². The zero-order valence-corrected chi connectivity index (χ0v) is 13.6. The summed E-state index contributed by atoms with van der Waals surface area (Å²) in [6.07, 6.45) is 0.553. The zero-order valence-electron chi connectivity index (χ0n) is 12.7. The Morgan fingerprint density at radius 2 is 2.04 bits per heavy atom. The van der Waals surface area contributed by atoms with Crippen LogP contribution < -0.4 is 16.0 Å². The molecule has 0 saturated carbocycles. The van der Waals surface area contributed by atoms with Crippen molar-refractivity contribution in [2.75, 3.05) is 6.54 Å². The number of hydrogen-bond acceptors (Lipinski definition) is 5. The SMILES string of the molecule is O=C(C[C@@H]1NC(=O)NC1=O)NCCc1nc(-c2ccccc2)cs1. The van der Waals surface area contributed by atoms with Crippen molar-refractivity contribution in [1.29, 1.82) is 0 Å². The smallest absolute Gasteiger partial charge is 0.322 e. The zero-order chi connectivity index (χ0) is 16.9. The van der Waals surface area contributed by atoms with E-state index in [1.165, 1.54) is 0 Å². The number of hydrogen-bond donors (Lipinski definition) is 3. The molecule has 2 heterocycles. The molecule has 1 aromatic heterocycles. The second-order valence-electron chi connectivity index (χ2n) is 5.31. The van der Waals surface area contributed by atoms with Crippen molar-refractivity contribution < 1.29 is 14.4 Å². The maximum absolute atomic E-state index is 11.8. The van der Waals surface area contributed by atoms with Gasteiger partial charge in [-0.05, 0) is 0 Å². The summed E-state index contributed by atoms with van der Waals surface area (Å²) in [6, 6.07) is 8.54. The van der Waals surface area contributed by atoms with Gasteiger partial charge in [-0.25, -0.2) is 9.78 Å². The minimum atomic E-state index is -0.790. The predicted octanol–water partition coefficient (Wildman–Crippen LogP) is 1.07. The largest absolute Gasteiger partial charge is 0.356 e. The molecule has 1 aliphatic heterocycles. The summed E-state index contributed by atoms with van der Waals surface area (Å²) in [7, 11) is 0. The second-order valence-corrected chi connectivity index (χ2v) is 6.25. The Morgan fingerprint density at radius 3 is 2.75 bits per heavy atom. The van der Waals surface area contributed by atoms with Crippen LogP contribution in [0.1, 0.15) is 11.4 Å². The predicted molar refractivity (Wildman–Crippen MR) is 89.3 cm³/mol. The number of urea groups is 1. The fourth-order valence-electron chi connectivity index (χ4n) is 2.34. The molecule has 0 aliphatic carbocycles. The number of nitrogens with one attached hydrogen (secondary N) is 3. The van der Waals surface area contributed by atoms with Crippen molar-refractivity contribution in [3.8, 4) is 11.3 Å². The van der Waals surface area contributed by atoms with Crippen LogP contribution >= 0.6 is 11.3 Å². The minimum absolute atomic E-state index is 0.0648. The average molecular weight is 344 g/mol. The number of aromatic nitrogens is 1. The van der Waals surface area contributed by atoms with Gasteiger partial charge in [0.25, 0.3) is 5.91 Å². The monoisotopic (exact) mass is 344 g/mol. The van der Waals surface area contributed by atoms with Gasteiger partial charge >= 0.3 is 6.03 Å². The summed E-state index contributed by atoms with van der Waals surface area (Å²) in [5.74, 6) is -0.750. The summed E-state index contributed by atoms with van der Waals surface area (Å²) >= 11 is 1.55.